The molecule has 6 heteroatoms. The first kappa shape index (κ1) is 25.8. The fraction of sp³-hybridized carbons (Fsp3) is 0.281. The SMILES string of the molecule is COc1ccc(C(C#CCN2CCCC(C(=O)O)C2)(c2ccc(OC)cc2)c2ccc3sccc3c2)cc1. The van der Waals surface area contributed by atoms with Gasteiger partial charge in [-0.2, -0.15) is 0 Å². The molecule has 0 amide bonds. The number of rotatable bonds is 7. The quantitative estimate of drug-likeness (QED) is 0.235. The zero-order valence-corrected chi connectivity index (χ0v) is 22.5. The molecule has 0 spiro atoms. The fourth-order valence-corrected chi connectivity index (χ4v) is 6.05. The summed E-state index contributed by atoms with van der Waals surface area (Å²) in [6.45, 7) is 1.90. The first-order valence-electron chi connectivity index (χ1n) is 12.8. The van der Waals surface area contributed by atoms with Crippen LogP contribution in [0.25, 0.3) is 10.1 Å². The number of benzene rings is 3. The molecule has 2 heterocycles. The van der Waals surface area contributed by atoms with Gasteiger partial charge in [0.25, 0.3) is 0 Å². The van der Waals surface area contributed by atoms with Gasteiger partial charge in [-0.15, -0.1) is 11.3 Å². The second-order valence-corrected chi connectivity index (χ2v) is 10.5. The molecule has 1 aliphatic heterocycles. The van der Waals surface area contributed by atoms with Crippen molar-refractivity contribution in [1.82, 2.24) is 4.90 Å². The lowest BCUT2D eigenvalue weighted by Crippen LogP contribution is -2.39. The van der Waals surface area contributed by atoms with E-state index >= 15 is 0 Å². The normalized spacial score (nSPS) is 16.0. The Morgan fingerprint density at radius 2 is 1.61 bits per heavy atom. The minimum Gasteiger partial charge on any atom is -0.497 e. The first-order valence-corrected chi connectivity index (χ1v) is 13.6. The molecule has 0 radical (unpaired) electrons. The van der Waals surface area contributed by atoms with E-state index < -0.39 is 11.4 Å². The first-order chi connectivity index (χ1) is 18.5. The third-order valence-corrected chi connectivity index (χ3v) is 8.26. The number of aliphatic carboxylic acids is 1. The molecule has 5 rings (SSSR count). The van der Waals surface area contributed by atoms with Crippen molar-refractivity contribution in [2.75, 3.05) is 33.9 Å². The summed E-state index contributed by atoms with van der Waals surface area (Å²) in [5.74, 6) is 7.67. The number of thiophene rings is 1. The number of piperidine rings is 1. The van der Waals surface area contributed by atoms with E-state index in [1.165, 1.54) is 10.1 Å². The molecule has 1 atom stereocenters. The van der Waals surface area contributed by atoms with Crippen LogP contribution in [0.5, 0.6) is 11.5 Å². The molecule has 4 aromatic rings. The van der Waals surface area contributed by atoms with E-state index in [4.69, 9.17) is 9.47 Å². The Labute approximate surface area is 227 Å². The second-order valence-electron chi connectivity index (χ2n) is 9.59. The van der Waals surface area contributed by atoms with Crippen LogP contribution in [0.4, 0.5) is 0 Å². The van der Waals surface area contributed by atoms with Crippen molar-refractivity contribution in [1.29, 1.82) is 0 Å². The van der Waals surface area contributed by atoms with Gasteiger partial charge in [0.15, 0.2) is 0 Å². The van der Waals surface area contributed by atoms with Gasteiger partial charge in [0.1, 0.15) is 16.9 Å². The Bertz CT molecular complexity index is 1420. The van der Waals surface area contributed by atoms with Crippen LogP contribution in [-0.4, -0.2) is 49.8 Å². The number of carboxylic acid groups (broad SMARTS) is 1. The number of hydrogen-bond donors (Lipinski definition) is 1. The van der Waals surface area contributed by atoms with Crippen LogP contribution in [0.15, 0.2) is 78.2 Å². The van der Waals surface area contributed by atoms with E-state index in [1.807, 2.05) is 24.3 Å². The molecule has 1 aliphatic rings. The van der Waals surface area contributed by atoms with Gasteiger partial charge in [-0.1, -0.05) is 42.2 Å². The Morgan fingerprint density at radius 1 is 0.974 bits per heavy atom. The van der Waals surface area contributed by atoms with Crippen LogP contribution < -0.4 is 9.47 Å². The number of hydrogen-bond acceptors (Lipinski definition) is 5. The topological polar surface area (TPSA) is 59.0 Å². The summed E-state index contributed by atoms with van der Waals surface area (Å²) in [6.07, 6.45) is 1.59. The van der Waals surface area contributed by atoms with Crippen molar-refractivity contribution in [3.8, 4) is 23.3 Å². The Hall–Kier alpha value is -3.79. The molecular formula is C32H31NO4S. The van der Waals surface area contributed by atoms with Gasteiger partial charge < -0.3 is 14.6 Å². The number of methoxy groups -OCH3 is 2. The molecule has 194 valence electrons. The van der Waals surface area contributed by atoms with Gasteiger partial charge >= 0.3 is 5.97 Å². The Kier molecular flexibility index (Phi) is 7.69. The van der Waals surface area contributed by atoms with Gasteiger partial charge in [0.2, 0.25) is 0 Å². The lowest BCUT2D eigenvalue weighted by atomic mass is 9.69. The second kappa shape index (κ2) is 11.3. The van der Waals surface area contributed by atoms with Crippen LogP contribution in [0, 0.1) is 17.8 Å². The molecule has 1 aromatic heterocycles. The summed E-state index contributed by atoms with van der Waals surface area (Å²) in [4.78, 5) is 13.8. The molecule has 1 fully saturated rings. The van der Waals surface area contributed by atoms with Crippen LogP contribution in [-0.2, 0) is 10.2 Å². The fourth-order valence-electron chi connectivity index (χ4n) is 5.28. The van der Waals surface area contributed by atoms with Gasteiger partial charge in [0.05, 0.1) is 26.7 Å². The molecule has 1 unspecified atom stereocenters. The number of nitrogens with zero attached hydrogens (tertiary/aromatic N) is 1. The molecule has 0 bridgehead atoms. The highest BCUT2D eigenvalue weighted by molar-refractivity contribution is 7.17. The smallest absolute Gasteiger partial charge is 0.307 e. The average molecular weight is 526 g/mol. The predicted molar refractivity (Wildman–Crippen MR) is 152 cm³/mol. The summed E-state index contributed by atoms with van der Waals surface area (Å²) < 4.78 is 12.1. The molecule has 38 heavy (non-hydrogen) atoms. The lowest BCUT2D eigenvalue weighted by molar-refractivity contribution is -0.143. The number of likely N-dealkylation sites (tertiary alicyclic amines) is 1. The van der Waals surface area contributed by atoms with Crippen molar-refractivity contribution < 1.29 is 19.4 Å². The van der Waals surface area contributed by atoms with E-state index in [-0.39, 0.29) is 5.92 Å². The van der Waals surface area contributed by atoms with Gasteiger partial charge in [-0.3, -0.25) is 9.69 Å². The lowest BCUT2D eigenvalue weighted by Gasteiger charge is -2.32. The van der Waals surface area contributed by atoms with Crippen molar-refractivity contribution in [2.45, 2.75) is 18.3 Å². The van der Waals surface area contributed by atoms with Gasteiger partial charge in [-0.05, 0) is 89.3 Å². The van der Waals surface area contributed by atoms with E-state index in [2.05, 4.69) is 70.7 Å². The molecule has 3 aromatic carbocycles. The Balaban J connectivity index is 1.66. The molecular weight excluding hydrogens is 494 g/mol. The zero-order chi connectivity index (χ0) is 26.5. The van der Waals surface area contributed by atoms with E-state index in [0.717, 1.165) is 47.6 Å². The highest BCUT2D eigenvalue weighted by Crippen LogP contribution is 2.41. The molecule has 5 nitrogen and oxygen atoms in total. The van der Waals surface area contributed by atoms with E-state index in [0.29, 0.717) is 13.1 Å². The van der Waals surface area contributed by atoms with Crippen LogP contribution in [0.1, 0.15) is 29.5 Å². The van der Waals surface area contributed by atoms with Gasteiger partial charge in [-0.25, -0.2) is 0 Å². The largest absolute Gasteiger partial charge is 0.497 e. The van der Waals surface area contributed by atoms with E-state index in [1.54, 1.807) is 25.6 Å². The number of fused-ring (bicyclic) bond motifs is 1. The predicted octanol–water partition coefficient (Wildman–Crippen LogP) is 6.05. The molecule has 0 aliphatic carbocycles. The highest BCUT2D eigenvalue weighted by Gasteiger charge is 2.35. The van der Waals surface area contributed by atoms with Crippen molar-refractivity contribution in [3.05, 3.63) is 94.9 Å². The molecule has 1 saturated heterocycles. The minimum absolute atomic E-state index is 0.334. The number of carboxylic acids is 1. The van der Waals surface area contributed by atoms with E-state index in [9.17, 15) is 9.90 Å². The summed E-state index contributed by atoms with van der Waals surface area (Å²) in [5.41, 5.74) is 2.39. The minimum atomic E-state index is -0.753. The maximum atomic E-state index is 11.6. The average Bonchev–Trinajstić information content (AvgIpc) is 3.44. The van der Waals surface area contributed by atoms with Crippen molar-refractivity contribution in [2.24, 2.45) is 5.92 Å². The third-order valence-electron chi connectivity index (χ3n) is 7.36. The number of carbonyl (C=O) groups is 1. The molecule has 0 saturated carbocycles. The van der Waals surface area contributed by atoms with Gasteiger partial charge in [0, 0.05) is 11.2 Å². The Morgan fingerprint density at radius 3 is 2.21 bits per heavy atom. The third kappa shape index (κ3) is 5.13. The maximum Gasteiger partial charge on any atom is 0.307 e. The standard InChI is InChI=1S/C32H31NO4S/c1-36-28-11-6-25(7-12-28)32(26-8-13-29(37-2)14-9-26,27-10-15-30-23(21-27)16-20-38-30)17-4-19-33-18-3-5-24(22-33)31(34)35/h6-16,20-21,24H,3,5,18-19,22H2,1-2H3,(H,34,35). The highest BCUT2D eigenvalue weighted by atomic mass is 32.1. The number of ether oxygens (including phenoxy) is 2. The summed E-state index contributed by atoms with van der Waals surface area (Å²) >= 11 is 1.72. The summed E-state index contributed by atoms with van der Waals surface area (Å²) in [5, 5.41) is 12.8. The van der Waals surface area contributed by atoms with Crippen molar-refractivity contribution in [3.63, 3.8) is 0 Å². The maximum absolute atomic E-state index is 11.6. The summed E-state index contributed by atoms with van der Waals surface area (Å²) in [7, 11) is 3.33. The summed E-state index contributed by atoms with van der Waals surface area (Å²) in [6, 6.07) is 24.9. The molecule has 1 N–H and O–H groups in total. The van der Waals surface area contributed by atoms with Crippen LogP contribution in [0.3, 0.4) is 0 Å². The van der Waals surface area contributed by atoms with Crippen LogP contribution in [0.2, 0.25) is 0 Å². The van der Waals surface area contributed by atoms with Crippen LogP contribution >= 0.6 is 11.3 Å². The van der Waals surface area contributed by atoms with Crippen molar-refractivity contribution >= 4 is 27.4 Å². The monoisotopic (exact) mass is 525 g/mol. The zero-order valence-electron chi connectivity index (χ0n) is 21.6.